The van der Waals surface area contributed by atoms with Gasteiger partial charge >= 0.3 is 6.09 Å². The van der Waals surface area contributed by atoms with Crippen molar-refractivity contribution >= 4 is 6.09 Å². The summed E-state index contributed by atoms with van der Waals surface area (Å²) in [6.07, 6.45) is -0.477. The maximum Gasteiger partial charge on any atom is 0.410 e. The normalized spacial score (nSPS) is 12.6. The molecule has 0 heterocycles. The monoisotopic (exact) mass is 249 g/mol. The quantitative estimate of drug-likeness (QED) is 0.807. The maximum absolute atomic E-state index is 12.1. The summed E-state index contributed by atoms with van der Waals surface area (Å²) in [5, 5.41) is 0. The molecule has 0 aliphatic carbocycles. The number of hydrogen-bond donors (Lipinski definition) is 0. The van der Waals surface area contributed by atoms with Gasteiger partial charge in [-0.05, 0) is 40.2 Å². The minimum Gasteiger partial charge on any atom is -0.442 e. The van der Waals surface area contributed by atoms with E-state index in [1.165, 1.54) is 0 Å². The number of ether oxygens (including phenoxy) is 1. The van der Waals surface area contributed by atoms with E-state index in [2.05, 4.69) is 0 Å². The molecule has 0 spiro atoms. The minimum atomic E-state index is -0.253. The SMILES string of the molecule is CC(C)N(C(=O)O[C@H](C)c1ccccc1)C(C)C. The van der Waals surface area contributed by atoms with Crippen molar-refractivity contribution in [2.75, 3.05) is 0 Å². The Labute approximate surface area is 110 Å². The predicted molar refractivity (Wildman–Crippen MR) is 73.4 cm³/mol. The molecule has 0 aromatic heterocycles. The van der Waals surface area contributed by atoms with Gasteiger partial charge in [-0.15, -0.1) is 0 Å². The zero-order valence-corrected chi connectivity index (χ0v) is 11.9. The molecule has 3 nitrogen and oxygen atoms in total. The molecule has 1 aromatic rings. The molecule has 18 heavy (non-hydrogen) atoms. The predicted octanol–water partition coefficient (Wildman–Crippen LogP) is 4.00. The molecule has 0 bridgehead atoms. The number of carbonyl (C=O) groups is 1. The average Bonchev–Trinajstić information content (AvgIpc) is 2.28. The van der Waals surface area contributed by atoms with E-state index in [0.29, 0.717) is 0 Å². The topological polar surface area (TPSA) is 29.5 Å². The first-order chi connectivity index (χ1) is 8.43. The van der Waals surface area contributed by atoms with Crippen molar-refractivity contribution in [3.63, 3.8) is 0 Å². The molecule has 0 aliphatic heterocycles. The van der Waals surface area contributed by atoms with E-state index in [1.54, 1.807) is 4.90 Å². The van der Waals surface area contributed by atoms with Gasteiger partial charge in [0, 0.05) is 12.1 Å². The van der Waals surface area contributed by atoms with Crippen molar-refractivity contribution in [1.82, 2.24) is 4.90 Å². The van der Waals surface area contributed by atoms with Crippen molar-refractivity contribution in [1.29, 1.82) is 0 Å². The van der Waals surface area contributed by atoms with Crippen molar-refractivity contribution in [2.24, 2.45) is 0 Å². The molecule has 1 amide bonds. The van der Waals surface area contributed by atoms with Crippen LogP contribution < -0.4 is 0 Å². The maximum atomic E-state index is 12.1. The fourth-order valence-corrected chi connectivity index (χ4v) is 2.02. The van der Waals surface area contributed by atoms with E-state index in [0.717, 1.165) is 5.56 Å². The van der Waals surface area contributed by atoms with Crippen LogP contribution in [0.4, 0.5) is 4.79 Å². The van der Waals surface area contributed by atoms with Gasteiger partial charge in [0.05, 0.1) is 0 Å². The van der Waals surface area contributed by atoms with Crippen LogP contribution in [0.5, 0.6) is 0 Å². The lowest BCUT2D eigenvalue weighted by molar-refractivity contribution is 0.0511. The smallest absolute Gasteiger partial charge is 0.410 e. The lowest BCUT2D eigenvalue weighted by Gasteiger charge is -2.31. The van der Waals surface area contributed by atoms with Crippen LogP contribution in [0.3, 0.4) is 0 Å². The Kier molecular flexibility index (Phi) is 5.20. The largest absolute Gasteiger partial charge is 0.442 e. The van der Waals surface area contributed by atoms with Crippen LogP contribution in [0, 0.1) is 0 Å². The second-order valence-electron chi connectivity index (χ2n) is 5.03. The van der Waals surface area contributed by atoms with Crippen LogP contribution in [0.2, 0.25) is 0 Å². The molecular formula is C15H23NO2. The van der Waals surface area contributed by atoms with Crippen LogP contribution in [0.1, 0.15) is 46.3 Å². The second kappa shape index (κ2) is 6.43. The van der Waals surface area contributed by atoms with E-state index in [1.807, 2.05) is 65.0 Å². The molecule has 0 unspecified atom stereocenters. The van der Waals surface area contributed by atoms with Crippen LogP contribution in [0.25, 0.3) is 0 Å². The Morgan fingerprint density at radius 2 is 1.50 bits per heavy atom. The van der Waals surface area contributed by atoms with Gasteiger partial charge in [0.25, 0.3) is 0 Å². The highest BCUT2D eigenvalue weighted by molar-refractivity contribution is 5.68. The van der Waals surface area contributed by atoms with E-state index >= 15 is 0 Å². The van der Waals surface area contributed by atoms with E-state index < -0.39 is 0 Å². The highest BCUT2D eigenvalue weighted by Gasteiger charge is 2.23. The third-order valence-electron chi connectivity index (χ3n) is 2.87. The zero-order chi connectivity index (χ0) is 13.7. The summed E-state index contributed by atoms with van der Waals surface area (Å²) < 4.78 is 5.51. The van der Waals surface area contributed by atoms with Crippen LogP contribution in [-0.2, 0) is 4.74 Å². The molecular weight excluding hydrogens is 226 g/mol. The van der Waals surface area contributed by atoms with Crippen molar-refractivity contribution < 1.29 is 9.53 Å². The van der Waals surface area contributed by atoms with Gasteiger partial charge < -0.3 is 9.64 Å². The molecule has 100 valence electrons. The zero-order valence-electron chi connectivity index (χ0n) is 11.9. The van der Waals surface area contributed by atoms with Crippen molar-refractivity contribution in [3.8, 4) is 0 Å². The first-order valence-electron chi connectivity index (χ1n) is 6.47. The number of amides is 1. The molecule has 1 atom stereocenters. The van der Waals surface area contributed by atoms with Crippen LogP contribution in [-0.4, -0.2) is 23.1 Å². The third kappa shape index (κ3) is 3.76. The fraction of sp³-hybridized carbons (Fsp3) is 0.533. The Morgan fingerprint density at radius 3 is 1.94 bits per heavy atom. The fourth-order valence-electron chi connectivity index (χ4n) is 2.02. The summed E-state index contributed by atoms with van der Waals surface area (Å²) in [6, 6.07) is 10.1. The molecule has 0 saturated carbocycles. The molecule has 0 radical (unpaired) electrons. The van der Waals surface area contributed by atoms with Gasteiger partial charge in [0.15, 0.2) is 0 Å². The van der Waals surface area contributed by atoms with E-state index in [-0.39, 0.29) is 24.3 Å². The first kappa shape index (κ1) is 14.6. The second-order valence-corrected chi connectivity index (χ2v) is 5.03. The Morgan fingerprint density at radius 1 is 1.00 bits per heavy atom. The Balaban J connectivity index is 2.69. The molecule has 0 aliphatic rings. The lowest BCUT2D eigenvalue weighted by Crippen LogP contribution is -2.42. The number of carbonyl (C=O) groups excluding carboxylic acids is 1. The summed E-state index contributed by atoms with van der Waals surface area (Å²) in [6.45, 7) is 9.87. The Bertz CT molecular complexity index is 365. The van der Waals surface area contributed by atoms with Gasteiger partial charge in [-0.2, -0.15) is 0 Å². The molecule has 1 aromatic carbocycles. The molecule has 3 heteroatoms. The summed E-state index contributed by atoms with van der Waals surface area (Å²) in [5.41, 5.74) is 1.01. The Hall–Kier alpha value is -1.51. The van der Waals surface area contributed by atoms with E-state index in [4.69, 9.17) is 4.74 Å². The highest BCUT2D eigenvalue weighted by atomic mass is 16.6. The molecule has 0 N–H and O–H groups in total. The third-order valence-corrected chi connectivity index (χ3v) is 2.87. The highest BCUT2D eigenvalue weighted by Crippen LogP contribution is 2.19. The first-order valence-corrected chi connectivity index (χ1v) is 6.47. The van der Waals surface area contributed by atoms with Crippen LogP contribution >= 0.6 is 0 Å². The van der Waals surface area contributed by atoms with E-state index in [9.17, 15) is 4.79 Å². The summed E-state index contributed by atoms with van der Waals surface area (Å²) >= 11 is 0. The summed E-state index contributed by atoms with van der Waals surface area (Å²) in [4.78, 5) is 13.9. The summed E-state index contributed by atoms with van der Waals surface area (Å²) in [5.74, 6) is 0. The molecule has 0 saturated heterocycles. The van der Waals surface area contributed by atoms with Crippen molar-refractivity contribution in [3.05, 3.63) is 35.9 Å². The van der Waals surface area contributed by atoms with Gasteiger partial charge in [0.1, 0.15) is 6.10 Å². The standard InChI is InChI=1S/C15H23NO2/c1-11(2)16(12(3)4)15(17)18-13(5)14-9-7-6-8-10-14/h6-13H,1-5H3/t13-/m1/s1. The number of benzene rings is 1. The van der Waals surface area contributed by atoms with Crippen molar-refractivity contribution in [2.45, 2.75) is 52.8 Å². The van der Waals surface area contributed by atoms with Gasteiger partial charge in [-0.25, -0.2) is 4.79 Å². The average molecular weight is 249 g/mol. The van der Waals surface area contributed by atoms with Gasteiger partial charge in [-0.3, -0.25) is 0 Å². The molecule has 0 fully saturated rings. The number of rotatable bonds is 4. The number of hydrogen-bond acceptors (Lipinski definition) is 2. The minimum absolute atomic E-state index is 0.139. The molecule has 1 rings (SSSR count). The van der Waals surface area contributed by atoms with Crippen LogP contribution in [0.15, 0.2) is 30.3 Å². The van der Waals surface area contributed by atoms with Gasteiger partial charge in [0.2, 0.25) is 0 Å². The summed E-state index contributed by atoms with van der Waals surface area (Å²) in [7, 11) is 0. The number of nitrogens with zero attached hydrogens (tertiary/aromatic N) is 1. The van der Waals surface area contributed by atoms with Gasteiger partial charge in [-0.1, -0.05) is 30.3 Å². The lowest BCUT2D eigenvalue weighted by atomic mass is 10.1.